The second kappa shape index (κ2) is 14.1. The predicted molar refractivity (Wildman–Crippen MR) is 153 cm³/mol. The molecule has 0 saturated carbocycles. The molecule has 1 saturated heterocycles. The number of nitrogens with one attached hydrogen (secondary N) is 3. The molecule has 1 aromatic rings. The smallest absolute Gasteiger partial charge is 0.277 e. The quantitative estimate of drug-likeness (QED) is 0.112. The summed E-state index contributed by atoms with van der Waals surface area (Å²) >= 11 is 5.57. The standard InChI is InChI=1S/C26H38N5O5PS/c1-8-15-27-36-37(31(17(2)3)18(4)5)35-23-19(6)33-25(30-16-14-22(32)28-20(30)7)24(23)34-26(38)29-21-12-10-9-11-13-21/h8-14,16-19,23-25,27H,1,7,15H2,2-6H3,(H,28,32)(H,29,38)/t19-,23+,24?,25-,37?/m1/s1. The van der Waals surface area contributed by atoms with E-state index in [1.807, 2.05) is 37.3 Å². The summed E-state index contributed by atoms with van der Waals surface area (Å²) in [4.78, 5) is 13.6. The van der Waals surface area contributed by atoms with E-state index in [2.05, 4.69) is 61.6 Å². The first-order valence-electron chi connectivity index (χ1n) is 12.5. The number of hydrogen-bond acceptors (Lipinski definition) is 9. The van der Waals surface area contributed by atoms with Gasteiger partial charge in [-0.25, -0.2) is 9.29 Å². The van der Waals surface area contributed by atoms with Crippen LogP contribution in [0, 0.1) is 0 Å². The molecule has 38 heavy (non-hydrogen) atoms. The Balaban J connectivity index is 1.90. The van der Waals surface area contributed by atoms with Gasteiger partial charge in [0.2, 0.25) is 0 Å². The van der Waals surface area contributed by atoms with E-state index in [1.165, 1.54) is 6.08 Å². The van der Waals surface area contributed by atoms with Crippen molar-refractivity contribution in [2.24, 2.45) is 0 Å². The van der Waals surface area contributed by atoms with Gasteiger partial charge in [0, 0.05) is 36.6 Å². The Bertz CT molecular complexity index is 1000. The number of para-hydroxylation sites is 1. The number of carbonyl (C=O) groups excluding carboxylic acids is 1. The fraction of sp³-hybridized carbons (Fsp3) is 0.462. The number of hydroxylamine groups is 1. The van der Waals surface area contributed by atoms with Crippen molar-refractivity contribution >= 4 is 37.5 Å². The zero-order valence-electron chi connectivity index (χ0n) is 22.5. The highest BCUT2D eigenvalue weighted by atomic mass is 32.1. The fourth-order valence-electron chi connectivity index (χ4n) is 4.17. The third kappa shape index (κ3) is 7.83. The van der Waals surface area contributed by atoms with Crippen molar-refractivity contribution in [1.29, 1.82) is 0 Å². The number of rotatable bonds is 12. The van der Waals surface area contributed by atoms with Crippen LogP contribution in [0.3, 0.4) is 0 Å². The second-order valence-corrected chi connectivity index (χ2v) is 11.1. The van der Waals surface area contributed by atoms with Gasteiger partial charge in [-0.2, -0.15) is 5.48 Å². The van der Waals surface area contributed by atoms with Crippen molar-refractivity contribution in [3.8, 4) is 0 Å². The van der Waals surface area contributed by atoms with E-state index in [-0.39, 0.29) is 23.2 Å². The molecular weight excluding hydrogens is 525 g/mol. The van der Waals surface area contributed by atoms with Gasteiger partial charge in [0.05, 0.1) is 6.10 Å². The van der Waals surface area contributed by atoms with E-state index in [0.29, 0.717) is 12.4 Å². The Labute approximate surface area is 231 Å². The van der Waals surface area contributed by atoms with Crippen LogP contribution in [0.2, 0.25) is 0 Å². The average Bonchev–Trinajstić information content (AvgIpc) is 3.13. The van der Waals surface area contributed by atoms with Gasteiger partial charge in [0.25, 0.3) is 19.6 Å². The first kappa shape index (κ1) is 30.2. The van der Waals surface area contributed by atoms with Crippen LogP contribution in [0.5, 0.6) is 0 Å². The van der Waals surface area contributed by atoms with Crippen LogP contribution >= 0.6 is 20.7 Å². The van der Waals surface area contributed by atoms with Gasteiger partial charge in [-0.05, 0) is 59.0 Å². The van der Waals surface area contributed by atoms with Crippen LogP contribution in [-0.4, -0.2) is 63.8 Å². The van der Waals surface area contributed by atoms with Crippen molar-refractivity contribution in [2.45, 2.75) is 71.2 Å². The lowest BCUT2D eigenvalue weighted by Crippen LogP contribution is -2.49. The number of carbonyl (C=O) groups is 1. The van der Waals surface area contributed by atoms with Crippen LogP contribution < -0.4 is 16.1 Å². The summed E-state index contributed by atoms with van der Waals surface area (Å²) in [6.45, 7) is 18.4. The minimum absolute atomic E-state index is 0.139. The third-order valence-electron chi connectivity index (χ3n) is 5.75. The van der Waals surface area contributed by atoms with E-state index in [4.69, 9.17) is 30.8 Å². The van der Waals surface area contributed by atoms with Crippen molar-refractivity contribution in [3.63, 3.8) is 0 Å². The van der Waals surface area contributed by atoms with Gasteiger partial charge in [-0.1, -0.05) is 30.9 Å². The first-order chi connectivity index (χ1) is 18.1. The molecule has 10 nitrogen and oxygen atoms in total. The lowest BCUT2D eigenvalue weighted by molar-refractivity contribution is -0.118. The third-order valence-corrected chi connectivity index (χ3v) is 7.96. The largest absolute Gasteiger partial charge is 0.460 e. The van der Waals surface area contributed by atoms with E-state index in [0.717, 1.165) is 5.69 Å². The van der Waals surface area contributed by atoms with Crippen molar-refractivity contribution in [1.82, 2.24) is 20.4 Å². The van der Waals surface area contributed by atoms with Crippen LogP contribution in [-0.2, 0) is 23.4 Å². The highest BCUT2D eigenvalue weighted by Crippen LogP contribution is 2.49. The molecule has 0 spiro atoms. The number of hydrogen-bond donors (Lipinski definition) is 3. The molecule has 0 radical (unpaired) electrons. The molecule has 1 fully saturated rings. The molecule has 3 rings (SSSR count). The first-order valence-corrected chi connectivity index (χ1v) is 14.1. The van der Waals surface area contributed by atoms with Crippen LogP contribution in [0.1, 0.15) is 34.6 Å². The molecule has 208 valence electrons. The monoisotopic (exact) mass is 563 g/mol. The Morgan fingerprint density at radius 1 is 1.26 bits per heavy atom. The topological polar surface area (TPSA) is 96.6 Å². The van der Waals surface area contributed by atoms with E-state index >= 15 is 0 Å². The van der Waals surface area contributed by atoms with Crippen molar-refractivity contribution in [3.05, 3.63) is 67.7 Å². The summed E-state index contributed by atoms with van der Waals surface area (Å²) in [5.74, 6) is 0.0987. The van der Waals surface area contributed by atoms with Crippen LogP contribution in [0.25, 0.3) is 0 Å². The lowest BCUT2D eigenvalue weighted by atomic mass is 10.1. The minimum atomic E-state index is -1.58. The maximum atomic E-state index is 11.9. The van der Waals surface area contributed by atoms with Gasteiger partial charge in [-0.15, -0.1) is 6.58 Å². The summed E-state index contributed by atoms with van der Waals surface area (Å²) in [7, 11) is -1.58. The maximum absolute atomic E-state index is 11.9. The van der Waals surface area contributed by atoms with E-state index in [1.54, 1.807) is 17.2 Å². The summed E-state index contributed by atoms with van der Waals surface area (Å²) in [6, 6.07) is 9.78. The number of thiocarbonyl (C=S) groups is 1. The molecule has 5 atom stereocenters. The molecule has 1 aromatic carbocycles. The number of anilines is 1. The maximum Gasteiger partial charge on any atom is 0.277 e. The van der Waals surface area contributed by atoms with Gasteiger partial charge in [-0.3, -0.25) is 4.79 Å². The zero-order valence-corrected chi connectivity index (χ0v) is 24.2. The molecule has 3 N–H and O–H groups in total. The predicted octanol–water partition coefficient (Wildman–Crippen LogP) is 4.37. The lowest BCUT2D eigenvalue weighted by Gasteiger charge is -2.38. The highest BCUT2D eigenvalue weighted by Gasteiger charge is 2.51. The number of nitrogens with zero attached hydrogens (tertiary/aromatic N) is 2. The Morgan fingerprint density at radius 2 is 1.95 bits per heavy atom. The Kier molecular flexibility index (Phi) is 11.2. The van der Waals surface area contributed by atoms with Crippen LogP contribution in [0.4, 0.5) is 5.69 Å². The van der Waals surface area contributed by atoms with Gasteiger partial charge in [0.1, 0.15) is 11.9 Å². The van der Waals surface area contributed by atoms with Crippen molar-refractivity contribution in [2.75, 3.05) is 11.9 Å². The molecule has 12 heteroatoms. The fourth-order valence-corrected chi connectivity index (χ4v) is 6.08. The number of ether oxygens (including phenoxy) is 2. The number of amides is 1. The molecule has 0 aromatic heterocycles. The molecule has 2 aliphatic rings. The normalized spacial score (nSPS) is 24.2. The van der Waals surface area contributed by atoms with Gasteiger partial charge in [0.15, 0.2) is 12.3 Å². The number of benzene rings is 1. The zero-order chi connectivity index (χ0) is 27.8. The molecule has 0 aliphatic carbocycles. The molecule has 2 aliphatic heterocycles. The van der Waals surface area contributed by atoms with Crippen molar-refractivity contribution < 1.29 is 23.4 Å². The van der Waals surface area contributed by atoms with Gasteiger partial charge < -0.3 is 29.5 Å². The minimum Gasteiger partial charge on any atom is -0.460 e. The highest BCUT2D eigenvalue weighted by molar-refractivity contribution is 7.80. The van der Waals surface area contributed by atoms with Crippen LogP contribution in [0.15, 0.2) is 67.7 Å². The SMILES string of the molecule is C=CCNOP(O[C@@H]1C(OC(=S)Nc2ccccc2)[C@H](N2C=CC(=O)NC2=C)O[C@@H]1C)N(C(C)C)C(C)C. The van der Waals surface area contributed by atoms with Gasteiger partial charge >= 0.3 is 0 Å². The average molecular weight is 564 g/mol. The molecule has 0 bridgehead atoms. The van der Waals surface area contributed by atoms with E-state index in [9.17, 15) is 4.79 Å². The summed E-state index contributed by atoms with van der Waals surface area (Å²) in [5.41, 5.74) is 3.72. The molecule has 2 unspecified atom stereocenters. The summed E-state index contributed by atoms with van der Waals surface area (Å²) < 4.78 is 27.5. The molecule has 2 heterocycles. The Morgan fingerprint density at radius 3 is 2.55 bits per heavy atom. The Hall–Kier alpha value is -2.37. The molecule has 1 amide bonds. The van der Waals surface area contributed by atoms with E-state index < -0.39 is 33.1 Å². The summed E-state index contributed by atoms with van der Waals surface area (Å²) in [6.07, 6.45) is 2.37. The second-order valence-electron chi connectivity index (χ2n) is 9.36. The summed E-state index contributed by atoms with van der Waals surface area (Å²) in [5, 5.41) is 5.98. The molecular formula is C26H38N5O5PS.